The Morgan fingerprint density at radius 2 is 2.05 bits per heavy atom. The van der Waals surface area contributed by atoms with Crippen LogP contribution < -0.4 is 5.73 Å². The smallest absolute Gasteiger partial charge is 0.246 e. The number of aryl methyl sites for hydroxylation is 1. The summed E-state index contributed by atoms with van der Waals surface area (Å²) in [5.41, 5.74) is 6.55. The van der Waals surface area contributed by atoms with Crippen LogP contribution in [0.3, 0.4) is 0 Å². The summed E-state index contributed by atoms with van der Waals surface area (Å²) in [5, 5.41) is 0. The molecule has 2 N–H and O–H groups in total. The quantitative estimate of drug-likeness (QED) is 0.857. The lowest BCUT2D eigenvalue weighted by Crippen LogP contribution is -2.53. The van der Waals surface area contributed by atoms with Crippen LogP contribution in [0.5, 0.6) is 0 Å². The Balaban J connectivity index is 2.33. The van der Waals surface area contributed by atoms with E-state index in [9.17, 15) is 12.8 Å². The van der Waals surface area contributed by atoms with Crippen LogP contribution in [-0.2, 0) is 10.0 Å². The van der Waals surface area contributed by atoms with E-state index in [-0.39, 0.29) is 16.6 Å². The van der Waals surface area contributed by atoms with Gasteiger partial charge in [0.2, 0.25) is 10.0 Å². The molecule has 1 aromatic rings. The van der Waals surface area contributed by atoms with Gasteiger partial charge in [0.15, 0.2) is 0 Å². The van der Waals surface area contributed by atoms with Crippen molar-refractivity contribution in [1.82, 2.24) is 9.21 Å². The van der Waals surface area contributed by atoms with Crippen molar-refractivity contribution < 1.29 is 12.8 Å². The third kappa shape index (κ3) is 3.04. The third-order valence-corrected chi connectivity index (χ3v) is 5.95. The molecule has 1 aromatic carbocycles. The van der Waals surface area contributed by atoms with Crippen molar-refractivity contribution in [3.63, 3.8) is 0 Å². The Hall–Kier alpha value is -1.18. The van der Waals surface area contributed by atoms with Gasteiger partial charge < -0.3 is 5.73 Å². The number of hydrogen-bond donors (Lipinski definition) is 1. The predicted molar refractivity (Wildman–Crippen MR) is 81.0 cm³/mol. The van der Waals surface area contributed by atoms with Gasteiger partial charge >= 0.3 is 0 Å². The molecule has 1 atom stereocenters. The molecule has 21 heavy (non-hydrogen) atoms. The molecular formula is C14H22FN3O2S. The zero-order valence-electron chi connectivity index (χ0n) is 12.6. The van der Waals surface area contributed by atoms with Crippen LogP contribution in [0.1, 0.15) is 19.4 Å². The number of sulfonamides is 1. The monoisotopic (exact) mass is 315 g/mol. The van der Waals surface area contributed by atoms with Crippen LogP contribution in [0, 0.1) is 12.7 Å². The summed E-state index contributed by atoms with van der Waals surface area (Å²) < 4.78 is 40.6. The second kappa shape index (κ2) is 5.90. The Morgan fingerprint density at radius 3 is 2.62 bits per heavy atom. The highest BCUT2D eigenvalue weighted by atomic mass is 32.2. The van der Waals surface area contributed by atoms with Gasteiger partial charge in [-0.05, 0) is 38.1 Å². The molecule has 0 bridgehead atoms. The lowest BCUT2D eigenvalue weighted by atomic mass is 10.2. The van der Waals surface area contributed by atoms with Gasteiger partial charge in [-0.2, -0.15) is 4.31 Å². The van der Waals surface area contributed by atoms with E-state index in [0.29, 0.717) is 25.2 Å². The van der Waals surface area contributed by atoms with Crippen LogP contribution in [0.2, 0.25) is 0 Å². The van der Waals surface area contributed by atoms with Gasteiger partial charge in [0, 0.05) is 31.4 Å². The van der Waals surface area contributed by atoms with Crippen LogP contribution in [0.15, 0.2) is 17.0 Å². The average molecular weight is 315 g/mol. The fourth-order valence-electron chi connectivity index (χ4n) is 2.66. The second-order valence-corrected chi connectivity index (χ2v) is 7.39. The molecular weight excluding hydrogens is 293 g/mol. The number of benzene rings is 1. The molecule has 0 saturated carbocycles. The van der Waals surface area contributed by atoms with Crippen LogP contribution >= 0.6 is 0 Å². The number of anilines is 1. The number of hydrogen-bond acceptors (Lipinski definition) is 4. The molecule has 118 valence electrons. The second-order valence-electron chi connectivity index (χ2n) is 5.48. The maximum absolute atomic E-state index is 14.0. The van der Waals surface area contributed by atoms with Gasteiger partial charge in [-0.15, -0.1) is 0 Å². The van der Waals surface area contributed by atoms with E-state index in [1.807, 2.05) is 13.8 Å². The summed E-state index contributed by atoms with van der Waals surface area (Å²) in [5.74, 6) is -0.743. The van der Waals surface area contributed by atoms with Gasteiger partial charge in [-0.3, -0.25) is 4.90 Å². The van der Waals surface area contributed by atoms with Gasteiger partial charge in [0.05, 0.1) is 0 Å². The summed E-state index contributed by atoms with van der Waals surface area (Å²) in [6.45, 7) is 7.93. The van der Waals surface area contributed by atoms with E-state index in [0.717, 1.165) is 6.54 Å². The molecule has 1 saturated heterocycles. The Kier molecular flexibility index (Phi) is 4.55. The Morgan fingerprint density at radius 1 is 1.38 bits per heavy atom. The molecule has 0 aromatic heterocycles. The number of halogens is 1. The van der Waals surface area contributed by atoms with Gasteiger partial charge in [0.1, 0.15) is 10.7 Å². The van der Waals surface area contributed by atoms with Crippen molar-refractivity contribution >= 4 is 15.7 Å². The Bertz CT molecular complexity index is 633. The molecule has 2 rings (SSSR count). The molecule has 0 aliphatic carbocycles. The van der Waals surface area contributed by atoms with Crippen molar-refractivity contribution in [2.24, 2.45) is 0 Å². The summed E-state index contributed by atoms with van der Waals surface area (Å²) >= 11 is 0. The number of nitrogen functional groups attached to an aromatic ring is 1. The highest BCUT2D eigenvalue weighted by molar-refractivity contribution is 7.89. The van der Waals surface area contributed by atoms with Gasteiger partial charge in [0.25, 0.3) is 0 Å². The minimum Gasteiger partial charge on any atom is -0.398 e. The first-order chi connectivity index (χ1) is 9.77. The normalized spacial score (nSPS) is 21.6. The topological polar surface area (TPSA) is 66.6 Å². The molecule has 1 aliphatic rings. The van der Waals surface area contributed by atoms with Crippen LogP contribution in [-0.4, -0.2) is 49.8 Å². The molecule has 0 spiro atoms. The van der Waals surface area contributed by atoms with E-state index in [1.165, 1.54) is 16.4 Å². The molecule has 0 amide bonds. The lowest BCUT2D eigenvalue weighted by Gasteiger charge is -2.38. The van der Waals surface area contributed by atoms with Crippen molar-refractivity contribution in [3.05, 3.63) is 23.5 Å². The average Bonchev–Trinajstić information content (AvgIpc) is 2.42. The van der Waals surface area contributed by atoms with Crippen LogP contribution in [0.25, 0.3) is 0 Å². The van der Waals surface area contributed by atoms with E-state index >= 15 is 0 Å². The minimum atomic E-state index is -3.84. The van der Waals surface area contributed by atoms with Crippen molar-refractivity contribution in [2.75, 3.05) is 31.9 Å². The summed E-state index contributed by atoms with van der Waals surface area (Å²) in [7, 11) is -3.84. The van der Waals surface area contributed by atoms with E-state index in [1.54, 1.807) is 6.92 Å². The zero-order chi connectivity index (χ0) is 15.8. The minimum absolute atomic E-state index is 0.115. The van der Waals surface area contributed by atoms with Crippen molar-refractivity contribution in [1.29, 1.82) is 0 Å². The number of piperazine rings is 1. The van der Waals surface area contributed by atoms with Crippen molar-refractivity contribution in [3.8, 4) is 0 Å². The molecule has 1 heterocycles. The van der Waals surface area contributed by atoms with E-state index < -0.39 is 15.8 Å². The fraction of sp³-hybridized carbons (Fsp3) is 0.571. The first-order valence-corrected chi connectivity index (χ1v) is 8.51. The number of rotatable bonds is 3. The maximum Gasteiger partial charge on any atom is 0.246 e. The molecule has 5 nitrogen and oxygen atoms in total. The molecule has 1 fully saturated rings. The SMILES string of the molecule is CCN1CCN(S(=O)(=O)c2cc(N)c(C)cc2F)CC1C. The van der Waals surface area contributed by atoms with Gasteiger partial charge in [-0.1, -0.05) is 6.92 Å². The lowest BCUT2D eigenvalue weighted by molar-refractivity contribution is 0.135. The highest BCUT2D eigenvalue weighted by Crippen LogP contribution is 2.26. The third-order valence-electron chi connectivity index (χ3n) is 4.07. The molecule has 1 unspecified atom stereocenters. The summed E-state index contributed by atoms with van der Waals surface area (Å²) in [4.78, 5) is 1.87. The maximum atomic E-state index is 14.0. The number of nitrogens with two attached hydrogens (primary N) is 1. The first kappa shape index (κ1) is 16.2. The summed E-state index contributed by atoms with van der Waals surface area (Å²) in [6, 6.07) is 2.51. The summed E-state index contributed by atoms with van der Waals surface area (Å²) in [6.07, 6.45) is 0. The largest absolute Gasteiger partial charge is 0.398 e. The highest BCUT2D eigenvalue weighted by Gasteiger charge is 2.33. The predicted octanol–water partition coefficient (Wildman–Crippen LogP) is 1.43. The zero-order valence-corrected chi connectivity index (χ0v) is 13.5. The fourth-order valence-corrected chi connectivity index (χ4v) is 4.25. The van der Waals surface area contributed by atoms with E-state index in [2.05, 4.69) is 4.90 Å². The van der Waals surface area contributed by atoms with Gasteiger partial charge in [-0.25, -0.2) is 12.8 Å². The standard InChI is InChI=1S/C14H22FN3O2S/c1-4-17-5-6-18(9-11(17)3)21(19,20)14-8-13(16)10(2)7-12(14)15/h7-8,11H,4-6,9,16H2,1-3H3. The Labute approximate surface area is 125 Å². The van der Waals surface area contributed by atoms with E-state index in [4.69, 9.17) is 5.73 Å². The molecule has 1 aliphatic heterocycles. The number of nitrogens with zero attached hydrogens (tertiary/aromatic N) is 2. The molecule has 0 radical (unpaired) electrons. The van der Waals surface area contributed by atoms with Crippen molar-refractivity contribution in [2.45, 2.75) is 31.7 Å². The van der Waals surface area contributed by atoms with Crippen LogP contribution in [0.4, 0.5) is 10.1 Å². The molecule has 7 heteroatoms. The first-order valence-electron chi connectivity index (χ1n) is 7.07. The number of likely N-dealkylation sites (N-methyl/N-ethyl adjacent to an activating group) is 1.